The molecule has 0 N–H and O–H groups in total. The maximum atomic E-state index is 5.49. The molecule has 2 aromatic heterocycles. The van der Waals surface area contributed by atoms with Crippen LogP contribution in [-0.2, 0) is 5.41 Å². The van der Waals surface area contributed by atoms with Crippen molar-refractivity contribution in [3.63, 3.8) is 0 Å². The minimum absolute atomic E-state index is 0.608. The Morgan fingerprint density at radius 3 is 1.26 bits per heavy atom. The quantitative estimate of drug-likeness (QED) is 0.165. The van der Waals surface area contributed by atoms with E-state index in [9.17, 15) is 0 Å². The van der Waals surface area contributed by atoms with Crippen LogP contribution < -0.4 is 0 Å². The second-order valence-corrected chi connectivity index (χ2v) is 20.7. The lowest BCUT2D eigenvalue weighted by molar-refractivity contribution is 0.762. The summed E-state index contributed by atoms with van der Waals surface area (Å²) < 4.78 is 0. The van der Waals surface area contributed by atoms with E-state index in [1.165, 1.54) is 44.5 Å². The van der Waals surface area contributed by atoms with Gasteiger partial charge in [-0.3, -0.25) is 0 Å². The summed E-state index contributed by atoms with van der Waals surface area (Å²) in [4.78, 5) is 32.5. The third-order valence-electron chi connectivity index (χ3n) is 16.6. The van der Waals surface area contributed by atoms with Crippen molar-refractivity contribution in [3.05, 3.63) is 270 Å². The van der Waals surface area contributed by atoms with Gasteiger partial charge in [0.15, 0.2) is 34.9 Å². The van der Waals surface area contributed by atoms with Gasteiger partial charge in [0, 0.05) is 27.8 Å². The Balaban J connectivity index is 0.918. The Kier molecular flexibility index (Phi) is 9.70. The van der Waals surface area contributed by atoms with E-state index in [2.05, 4.69) is 231 Å². The number of aromatic nitrogens is 6. The van der Waals surface area contributed by atoms with Crippen molar-refractivity contribution in [2.75, 3.05) is 0 Å². The molecule has 16 rings (SSSR count). The average Bonchev–Trinajstić information content (AvgIpc) is 4.18. The molecule has 0 amide bonds. The molecule has 1 spiro atoms. The van der Waals surface area contributed by atoms with E-state index in [-0.39, 0.29) is 0 Å². The SMILES string of the molecule is C1=CC2=C(CC1)C1=C(C=C(c3nc(-c4cccc5ccccc45)nc(-c4cccc5ccccc45)n3)CC1)C21c2ccccc2-c2ccc(-c3nc(-c4cccc5ccccc45)nc(-c4cccc5ccccc45)n3)cc21. The first-order valence-electron chi connectivity index (χ1n) is 26.7. The highest BCUT2D eigenvalue weighted by Crippen LogP contribution is 2.65. The molecule has 0 saturated heterocycles. The molecule has 0 fully saturated rings. The zero-order valence-corrected chi connectivity index (χ0v) is 42.0. The highest BCUT2D eigenvalue weighted by Gasteiger charge is 2.54. The highest BCUT2D eigenvalue weighted by atomic mass is 15.0. The molecular weight excluding hydrogens is 937 g/mol. The van der Waals surface area contributed by atoms with Gasteiger partial charge < -0.3 is 0 Å². The van der Waals surface area contributed by atoms with Crippen LogP contribution in [0.3, 0.4) is 0 Å². The van der Waals surface area contributed by atoms with Gasteiger partial charge >= 0.3 is 0 Å². The first-order chi connectivity index (χ1) is 38.2. The lowest BCUT2D eigenvalue weighted by atomic mass is 9.67. The van der Waals surface area contributed by atoms with Gasteiger partial charge in [0.1, 0.15) is 0 Å². The maximum Gasteiger partial charge on any atom is 0.164 e. The number of fused-ring (bicyclic) bond motifs is 12. The molecule has 6 nitrogen and oxygen atoms in total. The van der Waals surface area contributed by atoms with Crippen molar-refractivity contribution >= 4 is 48.7 Å². The zero-order chi connectivity index (χ0) is 50.6. The van der Waals surface area contributed by atoms with Gasteiger partial charge in [0.2, 0.25) is 0 Å². The van der Waals surface area contributed by atoms with E-state index in [0.29, 0.717) is 34.9 Å². The predicted molar refractivity (Wildman–Crippen MR) is 313 cm³/mol. The lowest BCUT2D eigenvalue weighted by Gasteiger charge is -2.34. The normalized spacial score (nSPS) is 16.3. The molecule has 10 aromatic carbocycles. The molecule has 0 radical (unpaired) electrons. The maximum absolute atomic E-state index is 5.49. The van der Waals surface area contributed by atoms with Gasteiger partial charge in [-0.25, -0.2) is 29.9 Å². The minimum atomic E-state index is -0.608. The summed E-state index contributed by atoms with van der Waals surface area (Å²) in [5.74, 6) is 3.96. The van der Waals surface area contributed by atoms with Gasteiger partial charge in [0.25, 0.3) is 0 Å². The number of hydrogen-bond donors (Lipinski definition) is 0. The van der Waals surface area contributed by atoms with E-state index in [1.54, 1.807) is 0 Å². The molecule has 1 atom stereocenters. The predicted octanol–water partition coefficient (Wildman–Crippen LogP) is 17.1. The molecule has 0 saturated carbocycles. The van der Waals surface area contributed by atoms with Crippen LogP contribution in [0.5, 0.6) is 0 Å². The summed E-state index contributed by atoms with van der Waals surface area (Å²) >= 11 is 0. The molecular formula is C71H46N6. The van der Waals surface area contributed by atoms with E-state index in [4.69, 9.17) is 29.9 Å². The second-order valence-electron chi connectivity index (χ2n) is 20.7. The molecule has 77 heavy (non-hydrogen) atoms. The second kappa shape index (κ2) is 17.1. The number of rotatable bonds is 6. The number of benzene rings is 10. The van der Waals surface area contributed by atoms with Gasteiger partial charge in [0.05, 0.1) is 5.41 Å². The van der Waals surface area contributed by atoms with Crippen LogP contribution in [0.4, 0.5) is 0 Å². The van der Waals surface area contributed by atoms with Crippen LogP contribution in [0.1, 0.15) is 42.6 Å². The Bertz CT molecular complexity index is 4440. The summed E-state index contributed by atoms with van der Waals surface area (Å²) in [5.41, 5.74) is 15.9. The smallest absolute Gasteiger partial charge is 0.164 e. The Morgan fingerprint density at radius 2 is 0.727 bits per heavy atom. The molecule has 360 valence electrons. The topological polar surface area (TPSA) is 77.3 Å². The van der Waals surface area contributed by atoms with Gasteiger partial charge in [-0.1, -0.05) is 224 Å². The Hall–Kier alpha value is -9.78. The van der Waals surface area contributed by atoms with Crippen molar-refractivity contribution in [2.24, 2.45) is 0 Å². The number of allylic oxidation sites excluding steroid dienone is 8. The summed E-state index contributed by atoms with van der Waals surface area (Å²) in [5, 5.41) is 8.98. The summed E-state index contributed by atoms with van der Waals surface area (Å²) in [6.45, 7) is 0. The van der Waals surface area contributed by atoms with Gasteiger partial charge in [-0.05, 0) is 125 Å². The first-order valence-corrected chi connectivity index (χ1v) is 26.7. The molecule has 0 aliphatic heterocycles. The summed E-state index contributed by atoms with van der Waals surface area (Å²) in [6.07, 6.45) is 11.0. The third-order valence-corrected chi connectivity index (χ3v) is 16.6. The van der Waals surface area contributed by atoms with Crippen molar-refractivity contribution in [2.45, 2.75) is 31.1 Å². The van der Waals surface area contributed by atoms with Crippen molar-refractivity contribution in [3.8, 4) is 68.1 Å². The molecule has 4 aliphatic rings. The van der Waals surface area contributed by atoms with Crippen LogP contribution in [0.15, 0.2) is 253 Å². The molecule has 12 aromatic rings. The molecule has 2 heterocycles. The van der Waals surface area contributed by atoms with Crippen LogP contribution >= 0.6 is 0 Å². The number of nitrogens with zero attached hydrogens (tertiary/aromatic N) is 6. The summed E-state index contributed by atoms with van der Waals surface area (Å²) in [6, 6.07) is 75.6. The fraction of sp³-hybridized carbons (Fsp3) is 0.0704. The molecule has 1 unspecified atom stereocenters. The van der Waals surface area contributed by atoms with Crippen LogP contribution in [0, 0.1) is 0 Å². The fourth-order valence-electron chi connectivity index (χ4n) is 13.2. The van der Waals surface area contributed by atoms with E-state index in [0.717, 1.165) is 102 Å². The van der Waals surface area contributed by atoms with Gasteiger partial charge in [-0.2, -0.15) is 0 Å². The van der Waals surface area contributed by atoms with Crippen molar-refractivity contribution in [1.29, 1.82) is 0 Å². The van der Waals surface area contributed by atoms with E-state index in [1.807, 2.05) is 0 Å². The third kappa shape index (κ3) is 6.68. The van der Waals surface area contributed by atoms with Crippen LogP contribution in [-0.4, -0.2) is 29.9 Å². The highest BCUT2D eigenvalue weighted by molar-refractivity contribution is 6.00. The minimum Gasteiger partial charge on any atom is -0.208 e. The van der Waals surface area contributed by atoms with Crippen LogP contribution in [0.2, 0.25) is 0 Å². The first kappa shape index (κ1) is 43.6. The van der Waals surface area contributed by atoms with Gasteiger partial charge in [-0.15, -0.1) is 0 Å². The molecule has 6 heteroatoms. The molecule has 4 aliphatic carbocycles. The number of hydrogen-bond acceptors (Lipinski definition) is 6. The Labute approximate surface area is 445 Å². The molecule has 0 bridgehead atoms. The lowest BCUT2D eigenvalue weighted by Crippen LogP contribution is -2.28. The van der Waals surface area contributed by atoms with Crippen molar-refractivity contribution < 1.29 is 0 Å². The fourth-order valence-corrected chi connectivity index (χ4v) is 13.2. The van der Waals surface area contributed by atoms with E-state index >= 15 is 0 Å². The van der Waals surface area contributed by atoms with Crippen molar-refractivity contribution in [1.82, 2.24) is 29.9 Å². The average molecular weight is 983 g/mol. The van der Waals surface area contributed by atoms with Crippen LogP contribution in [0.25, 0.3) is 117 Å². The largest absolute Gasteiger partial charge is 0.208 e. The standard InChI is InChI=1S/C71H46N6/c1-5-25-49-43(17-1)21-13-31-57(49)67-72-65(73-68(76-67)58-32-14-22-44-18-2-6-26-50(44)58)47-37-39-55-53-29-9-11-35-61(53)71(63(55)41-47)62-36-12-10-30-54(62)56-40-38-48(42-64(56)71)66-74-69(59-33-15-23-45-19-3-7-27-51(45)59)77-70(75-66)60-34-16-24-46-20-4-8-28-52(46)60/h1-9,11-29,31-37,39,41-42H,10,30,38,40H2. The Morgan fingerprint density at radius 1 is 0.312 bits per heavy atom. The monoisotopic (exact) mass is 982 g/mol. The van der Waals surface area contributed by atoms with E-state index < -0.39 is 5.41 Å². The summed E-state index contributed by atoms with van der Waals surface area (Å²) in [7, 11) is 0. The zero-order valence-electron chi connectivity index (χ0n) is 42.0.